The van der Waals surface area contributed by atoms with Crippen molar-refractivity contribution in [1.82, 2.24) is 15.1 Å². The van der Waals surface area contributed by atoms with Gasteiger partial charge in [0, 0.05) is 49.4 Å². The number of ether oxygens (including phenoxy) is 2. The Balaban J connectivity index is 1.09. The summed E-state index contributed by atoms with van der Waals surface area (Å²) in [6.07, 6.45) is 5.42. The van der Waals surface area contributed by atoms with Crippen LogP contribution in [0.1, 0.15) is 49.7 Å². The van der Waals surface area contributed by atoms with Crippen LogP contribution < -0.4 is 14.8 Å². The van der Waals surface area contributed by atoms with Crippen molar-refractivity contribution in [2.24, 2.45) is 0 Å². The van der Waals surface area contributed by atoms with Crippen molar-refractivity contribution in [2.45, 2.75) is 69.4 Å². The first-order valence-electron chi connectivity index (χ1n) is 13.2. The van der Waals surface area contributed by atoms with Gasteiger partial charge >= 0.3 is 0 Å². The number of likely N-dealkylation sites (tertiary alicyclic amines) is 1. The lowest BCUT2D eigenvalue weighted by Crippen LogP contribution is -2.62. The molecule has 8 heteroatoms. The molecule has 0 radical (unpaired) electrons. The number of piperidine rings is 1. The number of benzene rings is 2. The van der Waals surface area contributed by atoms with Gasteiger partial charge in [0.05, 0.1) is 0 Å². The number of rotatable bonds is 6. The number of imide groups is 1. The molecule has 1 aliphatic carbocycles. The Morgan fingerprint density at radius 1 is 0.973 bits per heavy atom. The Morgan fingerprint density at radius 3 is 2.59 bits per heavy atom. The number of nitrogens with zero attached hydrogens (tertiary/aromatic N) is 2. The molecule has 194 valence electrons. The molecular weight excluding hydrogens is 473 g/mol. The predicted octanol–water partition coefficient (Wildman–Crippen LogP) is 3.87. The Morgan fingerprint density at radius 2 is 1.78 bits per heavy atom. The molecule has 37 heavy (non-hydrogen) atoms. The van der Waals surface area contributed by atoms with Gasteiger partial charge in [0.1, 0.15) is 35.6 Å². The topological polar surface area (TPSA) is 71.1 Å². The molecule has 7 nitrogen and oxygen atoms in total. The first-order chi connectivity index (χ1) is 17.9. The highest BCUT2D eigenvalue weighted by Gasteiger charge is 2.40. The number of fused-ring (bicyclic) bond motifs is 1. The second-order valence-corrected chi connectivity index (χ2v) is 10.5. The van der Waals surface area contributed by atoms with Crippen molar-refractivity contribution in [3.63, 3.8) is 0 Å². The van der Waals surface area contributed by atoms with Crippen LogP contribution in [0.2, 0.25) is 0 Å². The number of carbonyl (C=O) groups excluding carboxylic acids is 2. The smallest absolute Gasteiger partial charge is 0.249 e. The molecule has 3 heterocycles. The molecule has 2 amide bonds. The van der Waals surface area contributed by atoms with E-state index in [1.807, 2.05) is 17.0 Å². The van der Waals surface area contributed by atoms with E-state index < -0.39 is 0 Å². The Labute approximate surface area is 216 Å². The summed E-state index contributed by atoms with van der Waals surface area (Å²) in [6, 6.07) is 12.4. The van der Waals surface area contributed by atoms with Crippen molar-refractivity contribution >= 4 is 17.5 Å². The second kappa shape index (κ2) is 9.82. The van der Waals surface area contributed by atoms with Gasteiger partial charge in [0.15, 0.2) is 0 Å². The van der Waals surface area contributed by atoms with Gasteiger partial charge in [-0.05, 0) is 61.6 Å². The zero-order chi connectivity index (χ0) is 25.5. The summed E-state index contributed by atoms with van der Waals surface area (Å²) < 4.78 is 26.0. The number of hydrogen-bond donors (Lipinski definition) is 1. The molecule has 6 rings (SSSR count). The van der Waals surface area contributed by atoms with Crippen LogP contribution in [0.25, 0.3) is 5.70 Å². The lowest BCUT2D eigenvalue weighted by atomic mass is 9.89. The minimum absolute atomic E-state index is 0.0636. The summed E-state index contributed by atoms with van der Waals surface area (Å²) in [5.74, 6) is 0.665. The number of carbonyl (C=O) groups is 2. The zero-order valence-corrected chi connectivity index (χ0v) is 20.8. The molecule has 0 bridgehead atoms. The summed E-state index contributed by atoms with van der Waals surface area (Å²) in [5.41, 5.74) is 2.93. The van der Waals surface area contributed by atoms with Crippen LogP contribution in [0.15, 0.2) is 49.0 Å². The molecule has 1 N–H and O–H groups in total. The second-order valence-electron chi connectivity index (χ2n) is 10.5. The van der Waals surface area contributed by atoms with E-state index in [0.29, 0.717) is 31.2 Å². The van der Waals surface area contributed by atoms with Gasteiger partial charge in [0.25, 0.3) is 0 Å². The minimum Gasteiger partial charge on any atom is -0.489 e. The molecule has 1 saturated carbocycles. The Hall–Kier alpha value is -3.39. The van der Waals surface area contributed by atoms with Crippen LogP contribution >= 0.6 is 0 Å². The fraction of sp³-hybridized carbons (Fsp3) is 0.448. The van der Waals surface area contributed by atoms with Crippen molar-refractivity contribution in [2.75, 3.05) is 13.1 Å². The maximum absolute atomic E-state index is 13.5. The Kier molecular flexibility index (Phi) is 6.36. The summed E-state index contributed by atoms with van der Waals surface area (Å²) >= 11 is 0. The third kappa shape index (κ3) is 4.82. The molecule has 2 aromatic carbocycles. The maximum atomic E-state index is 13.5. The predicted molar refractivity (Wildman–Crippen MR) is 136 cm³/mol. The van der Waals surface area contributed by atoms with E-state index in [9.17, 15) is 14.0 Å². The van der Waals surface area contributed by atoms with Gasteiger partial charge in [-0.15, -0.1) is 0 Å². The highest BCUT2D eigenvalue weighted by Crippen LogP contribution is 2.38. The van der Waals surface area contributed by atoms with Crippen molar-refractivity contribution in [3.8, 4) is 11.5 Å². The minimum atomic E-state index is -0.376. The highest BCUT2D eigenvalue weighted by molar-refractivity contribution is 6.01. The molecule has 2 unspecified atom stereocenters. The fourth-order valence-corrected chi connectivity index (χ4v) is 6.12. The number of halogens is 1. The average Bonchev–Trinajstić information content (AvgIpc) is 3.17. The number of hydrogen-bond acceptors (Lipinski definition) is 6. The molecule has 0 spiro atoms. The van der Waals surface area contributed by atoms with E-state index in [0.717, 1.165) is 54.9 Å². The van der Waals surface area contributed by atoms with Crippen molar-refractivity contribution in [1.29, 1.82) is 0 Å². The van der Waals surface area contributed by atoms with E-state index in [4.69, 9.17) is 9.47 Å². The van der Waals surface area contributed by atoms with E-state index >= 15 is 0 Å². The Bertz CT molecular complexity index is 1230. The third-order valence-corrected chi connectivity index (χ3v) is 8.06. The van der Waals surface area contributed by atoms with Gasteiger partial charge in [0.2, 0.25) is 11.8 Å². The normalized spacial score (nSPS) is 26.5. The van der Waals surface area contributed by atoms with E-state index in [1.54, 1.807) is 12.1 Å². The van der Waals surface area contributed by atoms with Crippen LogP contribution in [-0.4, -0.2) is 59.0 Å². The zero-order valence-electron chi connectivity index (χ0n) is 20.8. The number of nitrogens with one attached hydrogen (secondary N) is 1. The van der Waals surface area contributed by atoms with E-state index in [1.165, 1.54) is 18.6 Å². The monoisotopic (exact) mass is 505 g/mol. The largest absolute Gasteiger partial charge is 0.489 e. The van der Waals surface area contributed by atoms with Crippen LogP contribution in [-0.2, 0) is 16.1 Å². The molecule has 3 fully saturated rings. The summed E-state index contributed by atoms with van der Waals surface area (Å²) in [7, 11) is 0. The molecule has 0 aromatic heterocycles. The summed E-state index contributed by atoms with van der Waals surface area (Å²) in [5, 5.41) is 2.45. The standard InChI is InChI=1S/C29H32FN3O4/c1-18-24-10-9-22(13-19(24)15-33(18)26-11-12-28(34)31-29(26)35)37-27-8-3-2-7-25(27)32-16-23(17-32)36-21-6-4-5-20(30)14-21/h4-6,9-10,13-14,23,25-27H,1-3,7-8,11-12,15-17H2,(H,31,34,35)/t25?,26?,27-/m1/s1. The van der Waals surface area contributed by atoms with Crippen LogP contribution in [0, 0.1) is 5.82 Å². The van der Waals surface area contributed by atoms with Gasteiger partial charge in [-0.3, -0.25) is 19.8 Å². The van der Waals surface area contributed by atoms with E-state index in [2.05, 4.69) is 22.9 Å². The number of amides is 2. The molecule has 3 atom stereocenters. The SMILES string of the molecule is C=C1c2ccc(O[C@@H]3CCCCC3N3CC(Oc4cccc(F)c4)C3)cc2CN1C1CCC(=O)NC1=O. The molecule has 3 aliphatic heterocycles. The maximum Gasteiger partial charge on any atom is 0.249 e. The van der Waals surface area contributed by atoms with Gasteiger partial charge < -0.3 is 14.4 Å². The molecular formula is C29H32FN3O4. The van der Waals surface area contributed by atoms with Crippen molar-refractivity contribution < 1.29 is 23.5 Å². The quantitative estimate of drug-likeness (QED) is 0.601. The first-order valence-corrected chi connectivity index (χ1v) is 13.2. The van der Waals surface area contributed by atoms with Gasteiger partial charge in [-0.1, -0.05) is 19.1 Å². The lowest BCUT2D eigenvalue weighted by molar-refractivity contribution is -0.136. The van der Waals surface area contributed by atoms with Crippen LogP contribution in [0.5, 0.6) is 11.5 Å². The summed E-state index contributed by atoms with van der Waals surface area (Å²) in [4.78, 5) is 28.4. The first kappa shape index (κ1) is 24.0. The van der Waals surface area contributed by atoms with Crippen molar-refractivity contribution in [3.05, 3.63) is 66.0 Å². The summed E-state index contributed by atoms with van der Waals surface area (Å²) in [6.45, 7) is 6.43. The highest BCUT2D eigenvalue weighted by atomic mass is 19.1. The van der Waals surface area contributed by atoms with Crippen LogP contribution in [0.4, 0.5) is 4.39 Å². The van der Waals surface area contributed by atoms with E-state index in [-0.39, 0.29) is 35.9 Å². The molecule has 2 saturated heterocycles. The van der Waals surface area contributed by atoms with Gasteiger partial charge in [-0.25, -0.2) is 4.39 Å². The lowest BCUT2D eigenvalue weighted by Gasteiger charge is -2.47. The fourth-order valence-electron chi connectivity index (χ4n) is 6.12. The van der Waals surface area contributed by atoms with Crippen LogP contribution in [0.3, 0.4) is 0 Å². The molecule has 2 aromatic rings. The third-order valence-electron chi connectivity index (χ3n) is 8.06. The van der Waals surface area contributed by atoms with Gasteiger partial charge in [-0.2, -0.15) is 0 Å². The molecule has 4 aliphatic rings. The average molecular weight is 506 g/mol.